The third-order valence-corrected chi connectivity index (χ3v) is 3.46. The number of hydrogen-bond acceptors (Lipinski definition) is 5. The maximum Gasteiger partial charge on any atom is 0.410 e. The first kappa shape index (κ1) is 16.4. The number of ether oxygens (including phenoxy) is 2. The van der Waals surface area contributed by atoms with Crippen molar-refractivity contribution in [1.82, 2.24) is 9.88 Å². The highest BCUT2D eigenvalue weighted by Gasteiger charge is 2.26. The summed E-state index contributed by atoms with van der Waals surface area (Å²) in [7, 11) is 1.60. The van der Waals surface area contributed by atoms with Crippen LogP contribution < -0.4 is 10.1 Å². The predicted octanol–water partition coefficient (Wildman–Crippen LogP) is 2.90. The molecule has 22 heavy (non-hydrogen) atoms. The van der Waals surface area contributed by atoms with E-state index in [9.17, 15) is 4.79 Å². The third kappa shape index (κ3) is 4.79. The molecule has 0 bridgehead atoms. The van der Waals surface area contributed by atoms with Gasteiger partial charge in [-0.15, -0.1) is 0 Å². The van der Waals surface area contributed by atoms with Crippen LogP contribution in [0.2, 0.25) is 0 Å². The zero-order chi connectivity index (χ0) is 16.2. The monoisotopic (exact) mass is 307 g/mol. The number of piperidine rings is 1. The molecule has 0 unspecified atom stereocenters. The van der Waals surface area contributed by atoms with Gasteiger partial charge in [0.1, 0.15) is 5.60 Å². The molecule has 1 N–H and O–H groups in total. The van der Waals surface area contributed by atoms with Gasteiger partial charge < -0.3 is 19.7 Å². The van der Waals surface area contributed by atoms with Gasteiger partial charge in [-0.3, -0.25) is 0 Å². The number of nitrogens with zero attached hydrogens (tertiary/aromatic N) is 2. The number of carbonyl (C=O) groups excluding carboxylic acids is 1. The van der Waals surface area contributed by atoms with Gasteiger partial charge in [-0.25, -0.2) is 9.78 Å². The minimum absolute atomic E-state index is 0.225. The van der Waals surface area contributed by atoms with Crippen LogP contribution in [0.4, 0.5) is 10.5 Å². The zero-order valence-corrected chi connectivity index (χ0v) is 13.8. The van der Waals surface area contributed by atoms with E-state index in [-0.39, 0.29) is 6.09 Å². The second kappa shape index (κ2) is 6.85. The molecular weight excluding hydrogens is 282 g/mol. The lowest BCUT2D eigenvalue weighted by atomic mass is 10.1. The van der Waals surface area contributed by atoms with E-state index in [4.69, 9.17) is 9.47 Å². The first-order valence-electron chi connectivity index (χ1n) is 7.62. The van der Waals surface area contributed by atoms with Crippen molar-refractivity contribution in [2.45, 2.75) is 45.3 Å². The molecular formula is C16H25N3O3. The summed E-state index contributed by atoms with van der Waals surface area (Å²) in [6, 6.07) is 4.12. The van der Waals surface area contributed by atoms with Crippen molar-refractivity contribution in [1.29, 1.82) is 0 Å². The van der Waals surface area contributed by atoms with Gasteiger partial charge in [-0.2, -0.15) is 0 Å². The molecule has 122 valence electrons. The van der Waals surface area contributed by atoms with Gasteiger partial charge in [-0.05, 0) is 39.7 Å². The number of aromatic nitrogens is 1. The maximum atomic E-state index is 12.0. The van der Waals surface area contributed by atoms with Crippen LogP contribution in [-0.2, 0) is 4.74 Å². The summed E-state index contributed by atoms with van der Waals surface area (Å²) >= 11 is 0. The van der Waals surface area contributed by atoms with Crippen LogP contribution in [0.25, 0.3) is 0 Å². The van der Waals surface area contributed by atoms with Crippen molar-refractivity contribution in [3.05, 3.63) is 18.3 Å². The molecule has 6 nitrogen and oxygen atoms in total. The van der Waals surface area contributed by atoms with Gasteiger partial charge in [0, 0.05) is 25.2 Å². The Morgan fingerprint density at radius 1 is 1.32 bits per heavy atom. The van der Waals surface area contributed by atoms with Gasteiger partial charge in [0.15, 0.2) is 0 Å². The van der Waals surface area contributed by atoms with Gasteiger partial charge in [-0.1, -0.05) is 0 Å². The van der Waals surface area contributed by atoms with Gasteiger partial charge in [0.25, 0.3) is 0 Å². The molecule has 1 saturated heterocycles. The van der Waals surface area contributed by atoms with Crippen molar-refractivity contribution in [2.24, 2.45) is 0 Å². The fraction of sp³-hybridized carbons (Fsp3) is 0.625. The third-order valence-electron chi connectivity index (χ3n) is 3.46. The number of anilines is 1. The molecule has 0 atom stereocenters. The Hall–Kier alpha value is -1.98. The van der Waals surface area contributed by atoms with Crippen molar-refractivity contribution < 1.29 is 14.3 Å². The molecule has 2 rings (SSSR count). The molecule has 0 spiro atoms. The maximum absolute atomic E-state index is 12.0. The molecule has 6 heteroatoms. The molecule has 1 fully saturated rings. The normalized spacial score (nSPS) is 16.3. The zero-order valence-electron chi connectivity index (χ0n) is 13.8. The molecule has 0 saturated carbocycles. The Labute approximate surface area is 131 Å². The van der Waals surface area contributed by atoms with Gasteiger partial charge >= 0.3 is 6.09 Å². The number of rotatable bonds is 3. The summed E-state index contributed by atoms with van der Waals surface area (Å²) in [6.45, 7) is 7.06. The number of carbonyl (C=O) groups is 1. The van der Waals surface area contributed by atoms with Crippen molar-refractivity contribution in [3.8, 4) is 5.88 Å². The highest BCUT2D eigenvalue weighted by Crippen LogP contribution is 2.19. The van der Waals surface area contributed by atoms with Crippen LogP contribution in [0.1, 0.15) is 33.6 Å². The fourth-order valence-corrected chi connectivity index (χ4v) is 2.36. The number of nitrogens with one attached hydrogen (secondary N) is 1. The highest BCUT2D eigenvalue weighted by molar-refractivity contribution is 5.68. The van der Waals surface area contributed by atoms with E-state index in [1.807, 2.05) is 32.9 Å². The second-order valence-electron chi connectivity index (χ2n) is 6.48. The Balaban J connectivity index is 1.80. The lowest BCUT2D eigenvalue weighted by Crippen LogP contribution is -2.44. The van der Waals surface area contributed by atoms with Crippen LogP contribution in [0, 0.1) is 0 Å². The minimum Gasteiger partial charge on any atom is -0.481 e. The van der Waals surface area contributed by atoms with Gasteiger partial charge in [0.05, 0.1) is 19.0 Å². The summed E-state index contributed by atoms with van der Waals surface area (Å²) in [6.07, 6.45) is 3.33. The lowest BCUT2D eigenvalue weighted by molar-refractivity contribution is 0.0210. The first-order valence-corrected chi connectivity index (χ1v) is 7.62. The number of methoxy groups -OCH3 is 1. The fourth-order valence-electron chi connectivity index (χ4n) is 2.36. The molecule has 1 aromatic rings. The van der Waals surface area contributed by atoms with E-state index >= 15 is 0 Å². The number of hydrogen-bond donors (Lipinski definition) is 1. The van der Waals surface area contributed by atoms with E-state index in [2.05, 4.69) is 10.3 Å². The topological polar surface area (TPSA) is 63.7 Å². The quantitative estimate of drug-likeness (QED) is 0.930. The van der Waals surface area contributed by atoms with Crippen LogP contribution in [0.15, 0.2) is 18.3 Å². The minimum atomic E-state index is -0.444. The summed E-state index contributed by atoms with van der Waals surface area (Å²) in [5.74, 6) is 0.602. The van der Waals surface area contributed by atoms with E-state index < -0.39 is 5.60 Å². The van der Waals surface area contributed by atoms with Crippen LogP contribution >= 0.6 is 0 Å². The van der Waals surface area contributed by atoms with E-state index in [1.165, 1.54) is 0 Å². The summed E-state index contributed by atoms with van der Waals surface area (Å²) in [4.78, 5) is 18.0. The van der Waals surface area contributed by atoms with Crippen molar-refractivity contribution in [3.63, 3.8) is 0 Å². The van der Waals surface area contributed by atoms with Crippen molar-refractivity contribution >= 4 is 11.8 Å². The molecule has 0 aromatic carbocycles. The molecule has 1 aromatic heterocycles. The standard InChI is InChI=1S/C16H25N3O3/c1-16(2,3)22-15(20)19-9-7-12(8-10-19)18-13-5-6-14(21-4)17-11-13/h5-6,11-12,18H,7-10H2,1-4H3. The second-order valence-corrected chi connectivity index (χ2v) is 6.48. The Bertz CT molecular complexity index is 488. The molecule has 2 heterocycles. The highest BCUT2D eigenvalue weighted by atomic mass is 16.6. The number of pyridine rings is 1. The van der Waals surface area contributed by atoms with E-state index in [1.54, 1.807) is 18.2 Å². The summed E-state index contributed by atoms with van der Waals surface area (Å²) in [5, 5.41) is 3.44. The molecule has 0 radical (unpaired) electrons. The number of likely N-dealkylation sites (tertiary alicyclic amines) is 1. The van der Waals surface area contributed by atoms with Crippen LogP contribution in [0.3, 0.4) is 0 Å². The predicted molar refractivity (Wildman–Crippen MR) is 85.2 cm³/mol. The van der Waals surface area contributed by atoms with Gasteiger partial charge in [0.2, 0.25) is 5.88 Å². The summed E-state index contributed by atoms with van der Waals surface area (Å²) in [5.41, 5.74) is 0.525. The van der Waals surface area contributed by atoms with E-state index in [0.717, 1.165) is 18.5 Å². The summed E-state index contributed by atoms with van der Waals surface area (Å²) < 4.78 is 10.4. The smallest absolute Gasteiger partial charge is 0.410 e. The Kier molecular flexibility index (Phi) is 5.11. The van der Waals surface area contributed by atoms with E-state index in [0.29, 0.717) is 25.0 Å². The molecule has 1 amide bonds. The first-order chi connectivity index (χ1) is 10.4. The lowest BCUT2D eigenvalue weighted by Gasteiger charge is -2.34. The van der Waals surface area contributed by atoms with Crippen LogP contribution in [0.5, 0.6) is 5.88 Å². The number of amides is 1. The Morgan fingerprint density at radius 2 is 2.00 bits per heavy atom. The average Bonchev–Trinajstić information content (AvgIpc) is 2.47. The largest absolute Gasteiger partial charge is 0.481 e. The molecule has 1 aliphatic heterocycles. The molecule has 0 aliphatic carbocycles. The Morgan fingerprint density at radius 3 is 2.50 bits per heavy atom. The average molecular weight is 307 g/mol. The van der Waals surface area contributed by atoms with Crippen LogP contribution in [-0.4, -0.2) is 47.8 Å². The SMILES string of the molecule is COc1ccc(NC2CCN(C(=O)OC(C)(C)C)CC2)cn1. The molecule has 1 aliphatic rings. The van der Waals surface area contributed by atoms with Crippen molar-refractivity contribution in [2.75, 3.05) is 25.5 Å².